The van der Waals surface area contributed by atoms with E-state index in [0.717, 1.165) is 5.56 Å². The second-order valence-corrected chi connectivity index (χ2v) is 4.62. The Labute approximate surface area is 105 Å². The van der Waals surface area contributed by atoms with Gasteiger partial charge in [-0.1, -0.05) is 0 Å². The van der Waals surface area contributed by atoms with Crippen molar-refractivity contribution < 1.29 is 19.0 Å². The number of carboxylic acids is 1. The van der Waals surface area contributed by atoms with Crippen LogP contribution in [0.15, 0.2) is 18.2 Å². The Morgan fingerprint density at radius 2 is 2.33 bits per heavy atom. The zero-order valence-electron chi connectivity index (χ0n) is 10.4. The Kier molecular flexibility index (Phi) is 3.52. The third-order valence-corrected chi connectivity index (χ3v) is 3.30. The number of ether oxygens (including phenoxy) is 1. The van der Waals surface area contributed by atoms with Gasteiger partial charge >= 0.3 is 5.97 Å². The van der Waals surface area contributed by atoms with Crippen molar-refractivity contribution in [3.8, 4) is 5.75 Å². The van der Waals surface area contributed by atoms with E-state index in [0.29, 0.717) is 18.7 Å². The molecule has 98 valence electrons. The number of methoxy groups -OCH3 is 1. The molecule has 0 aliphatic heterocycles. The van der Waals surface area contributed by atoms with E-state index in [1.54, 1.807) is 6.07 Å². The molecular formula is C13H16FNO3. The summed E-state index contributed by atoms with van der Waals surface area (Å²) in [7, 11) is 3.38. The molecule has 1 aliphatic carbocycles. The molecule has 0 radical (unpaired) electrons. The van der Waals surface area contributed by atoms with Gasteiger partial charge in [-0.25, -0.2) is 4.39 Å². The lowest BCUT2D eigenvalue weighted by Gasteiger charge is -2.18. The number of nitrogens with zero attached hydrogens (tertiary/aromatic N) is 1. The van der Waals surface area contributed by atoms with Crippen molar-refractivity contribution in [2.75, 3.05) is 14.2 Å². The van der Waals surface area contributed by atoms with Gasteiger partial charge in [-0.15, -0.1) is 0 Å². The highest BCUT2D eigenvalue weighted by Crippen LogP contribution is 2.36. The maximum absolute atomic E-state index is 13.2. The minimum atomic E-state index is -0.766. The van der Waals surface area contributed by atoms with E-state index < -0.39 is 5.97 Å². The van der Waals surface area contributed by atoms with Gasteiger partial charge in [0.25, 0.3) is 0 Å². The largest absolute Gasteiger partial charge is 0.496 e. The summed E-state index contributed by atoms with van der Waals surface area (Å²) in [6.45, 7) is 0.482. The lowest BCUT2D eigenvalue weighted by molar-refractivity contribution is -0.138. The van der Waals surface area contributed by atoms with E-state index in [4.69, 9.17) is 9.84 Å². The van der Waals surface area contributed by atoms with Crippen molar-refractivity contribution in [2.45, 2.75) is 19.0 Å². The molecule has 1 saturated carbocycles. The summed E-state index contributed by atoms with van der Waals surface area (Å²) in [6, 6.07) is 4.39. The quantitative estimate of drug-likeness (QED) is 0.868. The molecule has 0 amide bonds. The molecule has 2 atom stereocenters. The number of aliphatic carboxylic acids is 1. The van der Waals surface area contributed by atoms with E-state index in [2.05, 4.69) is 0 Å². The lowest BCUT2D eigenvalue weighted by atomic mass is 10.2. The van der Waals surface area contributed by atoms with Crippen LogP contribution >= 0.6 is 0 Å². The average molecular weight is 253 g/mol. The highest BCUT2D eigenvalue weighted by atomic mass is 19.1. The number of hydrogen-bond acceptors (Lipinski definition) is 3. The Hall–Kier alpha value is -1.62. The van der Waals surface area contributed by atoms with Crippen LogP contribution in [0.2, 0.25) is 0 Å². The Bertz CT molecular complexity index is 464. The highest BCUT2D eigenvalue weighted by Gasteiger charge is 2.45. The highest BCUT2D eigenvalue weighted by molar-refractivity contribution is 5.74. The Morgan fingerprint density at radius 3 is 2.89 bits per heavy atom. The molecule has 0 bridgehead atoms. The molecule has 2 rings (SSSR count). The molecule has 1 aromatic rings. The summed E-state index contributed by atoms with van der Waals surface area (Å²) in [5.74, 6) is -0.756. The first-order chi connectivity index (χ1) is 8.52. The second kappa shape index (κ2) is 4.94. The van der Waals surface area contributed by atoms with E-state index in [-0.39, 0.29) is 17.8 Å². The van der Waals surface area contributed by atoms with Crippen molar-refractivity contribution >= 4 is 5.97 Å². The molecule has 18 heavy (non-hydrogen) atoms. The van der Waals surface area contributed by atoms with E-state index in [1.165, 1.54) is 19.2 Å². The lowest BCUT2D eigenvalue weighted by Crippen LogP contribution is -2.24. The van der Waals surface area contributed by atoms with Crippen LogP contribution in [-0.4, -0.2) is 36.2 Å². The second-order valence-electron chi connectivity index (χ2n) is 4.62. The minimum absolute atomic E-state index is 0.0375. The van der Waals surface area contributed by atoms with Crippen LogP contribution in [0.3, 0.4) is 0 Å². The van der Waals surface area contributed by atoms with E-state index >= 15 is 0 Å². The molecular weight excluding hydrogens is 237 g/mol. The van der Waals surface area contributed by atoms with Gasteiger partial charge in [0.05, 0.1) is 13.0 Å². The summed E-state index contributed by atoms with van der Waals surface area (Å²) in [4.78, 5) is 12.7. The van der Waals surface area contributed by atoms with Crippen molar-refractivity contribution in [2.24, 2.45) is 5.92 Å². The van der Waals surface area contributed by atoms with Gasteiger partial charge in [-0.2, -0.15) is 0 Å². The number of rotatable bonds is 5. The SMILES string of the molecule is COc1ccc(F)cc1CN(C)C1CC1C(=O)O. The number of carboxylic acid groups (broad SMARTS) is 1. The first-order valence-corrected chi connectivity index (χ1v) is 5.78. The first kappa shape index (κ1) is 12.8. The van der Waals surface area contributed by atoms with Crippen LogP contribution in [0.5, 0.6) is 5.75 Å². The van der Waals surface area contributed by atoms with E-state index in [1.807, 2.05) is 11.9 Å². The fourth-order valence-electron chi connectivity index (χ4n) is 2.19. The third-order valence-electron chi connectivity index (χ3n) is 3.30. The van der Waals surface area contributed by atoms with E-state index in [9.17, 15) is 9.18 Å². The summed E-state index contributed by atoms with van der Waals surface area (Å²) < 4.78 is 18.4. The molecule has 4 nitrogen and oxygen atoms in total. The molecule has 1 aliphatic rings. The standard InChI is InChI=1S/C13H16FNO3/c1-15(11-6-10(11)13(16)17)7-8-5-9(14)3-4-12(8)18-2/h3-5,10-11H,6-7H2,1-2H3,(H,16,17). The fraction of sp³-hybridized carbons (Fsp3) is 0.462. The van der Waals surface area contributed by atoms with Crippen LogP contribution in [0.1, 0.15) is 12.0 Å². The van der Waals surface area contributed by atoms with Crippen LogP contribution in [0, 0.1) is 11.7 Å². The van der Waals surface area contributed by atoms with Crippen LogP contribution in [-0.2, 0) is 11.3 Å². The number of carbonyl (C=O) groups is 1. The maximum atomic E-state index is 13.2. The molecule has 0 saturated heterocycles. The molecule has 1 aromatic carbocycles. The van der Waals surface area contributed by atoms with Crippen LogP contribution in [0.25, 0.3) is 0 Å². The predicted octanol–water partition coefficient (Wildman–Crippen LogP) is 1.74. The predicted molar refractivity (Wildman–Crippen MR) is 63.9 cm³/mol. The molecule has 5 heteroatoms. The van der Waals surface area contributed by atoms with Crippen LogP contribution < -0.4 is 4.74 Å². The fourth-order valence-corrected chi connectivity index (χ4v) is 2.19. The Balaban J connectivity index is 2.05. The van der Waals surface area contributed by atoms with Gasteiger partial charge in [0.2, 0.25) is 0 Å². The van der Waals surface area contributed by atoms with Crippen molar-refractivity contribution in [3.05, 3.63) is 29.6 Å². The zero-order chi connectivity index (χ0) is 13.3. The van der Waals surface area contributed by atoms with Crippen molar-refractivity contribution in [1.82, 2.24) is 4.90 Å². The van der Waals surface area contributed by atoms with Gasteiger partial charge in [0, 0.05) is 18.2 Å². The van der Waals surface area contributed by atoms with Crippen molar-refractivity contribution in [1.29, 1.82) is 0 Å². The van der Waals surface area contributed by atoms with Gasteiger partial charge in [-0.05, 0) is 31.7 Å². The zero-order valence-corrected chi connectivity index (χ0v) is 10.4. The summed E-state index contributed by atoms with van der Waals surface area (Å²) >= 11 is 0. The molecule has 2 unspecified atom stereocenters. The van der Waals surface area contributed by atoms with Gasteiger partial charge < -0.3 is 9.84 Å². The minimum Gasteiger partial charge on any atom is -0.496 e. The smallest absolute Gasteiger partial charge is 0.308 e. The third kappa shape index (κ3) is 2.61. The molecule has 0 heterocycles. The number of benzene rings is 1. The monoisotopic (exact) mass is 253 g/mol. The Morgan fingerprint density at radius 1 is 1.61 bits per heavy atom. The van der Waals surface area contributed by atoms with Gasteiger partial charge in [-0.3, -0.25) is 9.69 Å². The molecule has 0 aromatic heterocycles. The number of halogens is 1. The first-order valence-electron chi connectivity index (χ1n) is 5.78. The van der Waals surface area contributed by atoms with Gasteiger partial charge in [0.1, 0.15) is 11.6 Å². The summed E-state index contributed by atoms with van der Waals surface area (Å²) in [5.41, 5.74) is 0.732. The summed E-state index contributed by atoms with van der Waals surface area (Å²) in [6.07, 6.45) is 0.656. The maximum Gasteiger partial charge on any atom is 0.308 e. The summed E-state index contributed by atoms with van der Waals surface area (Å²) in [5, 5.41) is 8.87. The topological polar surface area (TPSA) is 49.8 Å². The molecule has 1 N–H and O–H groups in total. The molecule has 1 fully saturated rings. The number of hydrogen-bond donors (Lipinski definition) is 1. The van der Waals surface area contributed by atoms with Crippen molar-refractivity contribution in [3.63, 3.8) is 0 Å². The average Bonchev–Trinajstić information content (AvgIpc) is 3.09. The van der Waals surface area contributed by atoms with Crippen LogP contribution in [0.4, 0.5) is 4.39 Å². The normalized spacial score (nSPS) is 22.0. The molecule has 0 spiro atoms. The van der Waals surface area contributed by atoms with Gasteiger partial charge in [0.15, 0.2) is 0 Å².